The van der Waals surface area contributed by atoms with Gasteiger partial charge in [-0.05, 0) is 66.6 Å². The second-order valence-corrected chi connectivity index (χ2v) is 8.03. The third-order valence-electron chi connectivity index (χ3n) is 5.38. The van der Waals surface area contributed by atoms with Crippen LogP contribution in [-0.4, -0.2) is 36.5 Å². The van der Waals surface area contributed by atoms with Crippen LogP contribution >= 0.6 is 23.7 Å². The van der Waals surface area contributed by atoms with Crippen LogP contribution in [-0.2, 0) is 0 Å². The number of ether oxygens (including phenoxy) is 1. The van der Waals surface area contributed by atoms with Gasteiger partial charge in [0.15, 0.2) is 0 Å². The van der Waals surface area contributed by atoms with Gasteiger partial charge < -0.3 is 15.4 Å². The predicted molar refractivity (Wildman–Crippen MR) is 104 cm³/mol. The normalized spacial score (nSPS) is 24.0. The first-order valence-corrected chi connectivity index (χ1v) is 9.53. The van der Waals surface area contributed by atoms with Gasteiger partial charge in [-0.2, -0.15) is 8.78 Å². The van der Waals surface area contributed by atoms with E-state index in [0.717, 1.165) is 36.4 Å². The molecule has 1 saturated carbocycles. The number of nitrogens with zero attached hydrogens (tertiary/aromatic N) is 1. The Morgan fingerprint density at radius 1 is 1.15 bits per heavy atom. The van der Waals surface area contributed by atoms with Crippen molar-refractivity contribution < 1.29 is 18.3 Å². The number of halogens is 3. The van der Waals surface area contributed by atoms with Crippen LogP contribution in [0.3, 0.4) is 0 Å². The van der Waals surface area contributed by atoms with Crippen molar-refractivity contribution in [2.45, 2.75) is 25.5 Å². The van der Waals surface area contributed by atoms with E-state index in [-0.39, 0.29) is 30.1 Å². The number of rotatable bonds is 4. The lowest BCUT2D eigenvalue weighted by molar-refractivity contribution is -0.0498. The molecule has 0 spiro atoms. The molecule has 0 radical (unpaired) electrons. The topological polar surface area (TPSA) is 55.6 Å². The first kappa shape index (κ1) is 20.0. The number of nitrogens with two attached hydrogens (primary N) is 1. The maximum absolute atomic E-state index is 12.8. The number of carbonyl (C=O) groups is 1. The van der Waals surface area contributed by atoms with E-state index in [1.54, 1.807) is 12.1 Å². The summed E-state index contributed by atoms with van der Waals surface area (Å²) in [6, 6.07) is 10.4. The molecule has 4 nitrogen and oxygen atoms in total. The molecule has 1 aliphatic heterocycles. The van der Waals surface area contributed by atoms with Crippen molar-refractivity contribution >= 4 is 29.7 Å². The summed E-state index contributed by atoms with van der Waals surface area (Å²) in [5, 5.41) is 0. The van der Waals surface area contributed by atoms with Crippen molar-refractivity contribution in [3.05, 3.63) is 41.3 Å². The average Bonchev–Trinajstić information content (AvgIpc) is 3.32. The average molecular weight is 415 g/mol. The smallest absolute Gasteiger partial charge is 0.387 e. The molecule has 1 aliphatic carbocycles. The van der Waals surface area contributed by atoms with Crippen LogP contribution in [0.5, 0.6) is 5.75 Å². The van der Waals surface area contributed by atoms with E-state index in [0.29, 0.717) is 16.7 Å². The molecule has 146 valence electrons. The summed E-state index contributed by atoms with van der Waals surface area (Å²) >= 11 is 1.42. The quantitative estimate of drug-likeness (QED) is 0.813. The molecule has 1 saturated heterocycles. The van der Waals surface area contributed by atoms with E-state index in [1.165, 1.54) is 23.5 Å². The Morgan fingerprint density at radius 3 is 2.56 bits per heavy atom. The third kappa shape index (κ3) is 4.10. The number of hydrogen-bond acceptors (Lipinski definition) is 4. The molecule has 2 heterocycles. The van der Waals surface area contributed by atoms with E-state index in [9.17, 15) is 13.6 Å². The van der Waals surface area contributed by atoms with Crippen molar-refractivity contribution in [1.82, 2.24) is 4.90 Å². The van der Waals surface area contributed by atoms with E-state index < -0.39 is 6.61 Å². The number of alkyl halides is 2. The van der Waals surface area contributed by atoms with Gasteiger partial charge in [0, 0.05) is 24.0 Å². The summed E-state index contributed by atoms with van der Waals surface area (Å²) in [6.45, 7) is -1.29. The molecule has 1 aromatic carbocycles. The highest BCUT2D eigenvalue weighted by atomic mass is 35.5. The van der Waals surface area contributed by atoms with Crippen LogP contribution in [0.25, 0.3) is 10.4 Å². The van der Waals surface area contributed by atoms with Crippen molar-refractivity contribution in [2.75, 3.05) is 13.1 Å². The molecule has 2 fully saturated rings. The van der Waals surface area contributed by atoms with Crippen LogP contribution in [0, 0.1) is 11.8 Å². The maximum atomic E-state index is 12.8. The highest BCUT2D eigenvalue weighted by Crippen LogP contribution is 2.38. The van der Waals surface area contributed by atoms with Gasteiger partial charge in [0.25, 0.3) is 5.91 Å². The van der Waals surface area contributed by atoms with Crippen LogP contribution < -0.4 is 10.5 Å². The van der Waals surface area contributed by atoms with E-state index >= 15 is 0 Å². The Bertz CT molecular complexity index is 799. The molecule has 0 bridgehead atoms. The first-order valence-electron chi connectivity index (χ1n) is 8.71. The fraction of sp³-hybridized carbons (Fsp3) is 0.421. The lowest BCUT2D eigenvalue weighted by atomic mass is 9.98. The summed E-state index contributed by atoms with van der Waals surface area (Å²) in [7, 11) is 0. The van der Waals surface area contributed by atoms with E-state index in [2.05, 4.69) is 4.74 Å². The highest BCUT2D eigenvalue weighted by Gasteiger charge is 2.42. The summed E-state index contributed by atoms with van der Waals surface area (Å²) in [5.41, 5.74) is 7.02. The van der Waals surface area contributed by atoms with Gasteiger partial charge in [-0.1, -0.05) is 0 Å². The third-order valence-corrected chi connectivity index (χ3v) is 6.50. The largest absolute Gasteiger partial charge is 0.435 e. The number of thiophene rings is 1. The van der Waals surface area contributed by atoms with Gasteiger partial charge in [0.2, 0.25) is 0 Å². The fourth-order valence-corrected chi connectivity index (χ4v) is 5.02. The first-order chi connectivity index (χ1) is 12.5. The zero-order valence-corrected chi connectivity index (χ0v) is 16.1. The van der Waals surface area contributed by atoms with Gasteiger partial charge in [-0.15, -0.1) is 23.7 Å². The number of carbonyl (C=O) groups excluding carboxylic acids is 1. The number of fused-ring (bicyclic) bond motifs is 1. The van der Waals surface area contributed by atoms with Crippen molar-refractivity contribution in [1.29, 1.82) is 0 Å². The summed E-state index contributed by atoms with van der Waals surface area (Å²) in [5.74, 6) is 1.15. The van der Waals surface area contributed by atoms with E-state index in [4.69, 9.17) is 5.73 Å². The van der Waals surface area contributed by atoms with Crippen molar-refractivity contribution in [3.63, 3.8) is 0 Å². The number of benzene rings is 1. The van der Waals surface area contributed by atoms with E-state index in [1.807, 2.05) is 17.0 Å². The minimum Gasteiger partial charge on any atom is -0.435 e. The molecule has 1 amide bonds. The standard InChI is InChI=1S/C19H20F2N2O2S.ClH/c20-19(21)25-13-4-1-11(2-5-13)16-7-8-17(26-16)18(24)23-9-12-3-6-15(22)14(12)10-23;/h1-2,4-5,7-8,12,14-15,19H,3,6,9-10,22H2;1H. The predicted octanol–water partition coefficient (Wildman–Crippen LogP) is 4.25. The van der Waals surface area contributed by atoms with Crippen LogP contribution in [0.4, 0.5) is 8.78 Å². The van der Waals surface area contributed by atoms with Gasteiger partial charge in [-0.3, -0.25) is 4.79 Å². The molecular weight excluding hydrogens is 394 g/mol. The summed E-state index contributed by atoms with van der Waals surface area (Å²) in [6.07, 6.45) is 2.17. The SMILES string of the molecule is Cl.NC1CCC2CN(C(=O)c3ccc(-c4ccc(OC(F)F)cc4)s3)CC12. The Hall–Kier alpha value is -1.70. The number of amides is 1. The van der Waals surface area contributed by atoms with Crippen molar-refractivity contribution in [2.24, 2.45) is 17.6 Å². The fourth-order valence-electron chi connectivity index (χ4n) is 4.04. The molecule has 27 heavy (non-hydrogen) atoms. The molecule has 1 aromatic heterocycles. The van der Waals surface area contributed by atoms with Gasteiger partial charge in [0.1, 0.15) is 5.75 Å². The second kappa shape index (κ2) is 8.12. The maximum Gasteiger partial charge on any atom is 0.387 e. The molecular formula is C19H21ClF2N2O2S. The Morgan fingerprint density at radius 2 is 1.89 bits per heavy atom. The Balaban J connectivity index is 0.00000210. The Labute approximate surface area is 166 Å². The van der Waals surface area contributed by atoms with Crippen LogP contribution in [0.1, 0.15) is 22.5 Å². The number of likely N-dealkylation sites (tertiary alicyclic amines) is 1. The molecule has 4 rings (SSSR count). The number of hydrogen-bond donors (Lipinski definition) is 1. The lowest BCUT2D eigenvalue weighted by Gasteiger charge is -2.17. The molecule has 2 aliphatic rings. The molecule has 3 unspecified atom stereocenters. The zero-order chi connectivity index (χ0) is 18.3. The summed E-state index contributed by atoms with van der Waals surface area (Å²) in [4.78, 5) is 16.3. The molecule has 8 heteroatoms. The molecule has 2 N–H and O–H groups in total. The molecule has 2 aromatic rings. The minimum atomic E-state index is -2.83. The summed E-state index contributed by atoms with van der Waals surface area (Å²) < 4.78 is 28.8. The van der Waals surface area contributed by atoms with Crippen molar-refractivity contribution in [3.8, 4) is 16.2 Å². The van der Waals surface area contributed by atoms with Gasteiger partial charge >= 0.3 is 6.61 Å². The molecule has 3 atom stereocenters. The second-order valence-electron chi connectivity index (χ2n) is 6.94. The van der Waals surface area contributed by atoms with Gasteiger partial charge in [0.05, 0.1) is 4.88 Å². The lowest BCUT2D eigenvalue weighted by Crippen LogP contribution is -2.33. The zero-order valence-electron chi connectivity index (χ0n) is 14.5. The monoisotopic (exact) mass is 414 g/mol. The van der Waals surface area contributed by atoms with Crippen LogP contribution in [0.15, 0.2) is 36.4 Å². The Kier molecular flexibility index (Phi) is 6.03. The minimum absolute atomic E-state index is 0. The van der Waals surface area contributed by atoms with Gasteiger partial charge in [-0.25, -0.2) is 0 Å². The highest BCUT2D eigenvalue weighted by molar-refractivity contribution is 7.17. The van der Waals surface area contributed by atoms with Crippen LogP contribution in [0.2, 0.25) is 0 Å².